The van der Waals surface area contributed by atoms with Gasteiger partial charge >= 0.3 is 0 Å². The van der Waals surface area contributed by atoms with Crippen molar-refractivity contribution in [3.8, 4) is 6.07 Å². The first-order valence-electron chi connectivity index (χ1n) is 4.94. The molecule has 1 aromatic carbocycles. The van der Waals surface area contributed by atoms with Gasteiger partial charge in [-0.1, -0.05) is 0 Å². The monoisotopic (exact) mass is 224 g/mol. The van der Waals surface area contributed by atoms with Crippen molar-refractivity contribution in [2.24, 2.45) is 0 Å². The van der Waals surface area contributed by atoms with E-state index >= 15 is 0 Å². The molecule has 1 fully saturated rings. The van der Waals surface area contributed by atoms with Crippen LogP contribution in [-0.4, -0.2) is 26.3 Å². The fourth-order valence-corrected chi connectivity index (χ4v) is 1.72. The highest BCUT2D eigenvalue weighted by Gasteiger charge is 2.20. The summed E-state index contributed by atoms with van der Waals surface area (Å²) in [4.78, 5) is 1.59. The van der Waals surface area contributed by atoms with Crippen LogP contribution in [-0.2, 0) is 4.74 Å². The van der Waals surface area contributed by atoms with Crippen molar-refractivity contribution in [3.63, 3.8) is 0 Å². The van der Waals surface area contributed by atoms with E-state index < -0.39 is 11.6 Å². The van der Waals surface area contributed by atoms with E-state index in [1.54, 1.807) is 11.0 Å². The Balaban J connectivity index is 2.36. The molecule has 0 radical (unpaired) electrons. The average molecular weight is 224 g/mol. The first-order valence-corrected chi connectivity index (χ1v) is 4.94. The standard InChI is InChI=1S/C11H10F2N2O/c12-9-5-8(7-14)6-10(13)11(9)15-1-3-16-4-2-15/h5-6H,1-4H2. The summed E-state index contributed by atoms with van der Waals surface area (Å²) in [5, 5.41) is 8.57. The highest BCUT2D eigenvalue weighted by Crippen LogP contribution is 2.25. The van der Waals surface area contributed by atoms with Crippen molar-refractivity contribution in [2.45, 2.75) is 0 Å². The number of rotatable bonds is 1. The molecule has 1 aromatic rings. The van der Waals surface area contributed by atoms with Crippen molar-refractivity contribution in [1.29, 1.82) is 5.26 Å². The predicted octanol–water partition coefficient (Wildman–Crippen LogP) is 1.67. The fourth-order valence-electron chi connectivity index (χ4n) is 1.72. The molecule has 0 bridgehead atoms. The Labute approximate surface area is 91.8 Å². The lowest BCUT2D eigenvalue weighted by molar-refractivity contribution is 0.122. The molecule has 5 heteroatoms. The maximum absolute atomic E-state index is 13.6. The van der Waals surface area contributed by atoms with Gasteiger partial charge in [0.2, 0.25) is 0 Å². The van der Waals surface area contributed by atoms with Crippen LogP contribution in [0, 0.1) is 23.0 Å². The topological polar surface area (TPSA) is 36.3 Å². The zero-order valence-electron chi connectivity index (χ0n) is 8.54. The van der Waals surface area contributed by atoms with Gasteiger partial charge in [0, 0.05) is 13.1 Å². The number of hydrogen-bond acceptors (Lipinski definition) is 3. The molecule has 1 saturated heterocycles. The van der Waals surface area contributed by atoms with Gasteiger partial charge in [0.25, 0.3) is 0 Å². The molecule has 0 aromatic heterocycles. The van der Waals surface area contributed by atoms with Crippen molar-refractivity contribution in [3.05, 3.63) is 29.3 Å². The Hall–Kier alpha value is -1.67. The third-order valence-electron chi connectivity index (χ3n) is 2.47. The van der Waals surface area contributed by atoms with Gasteiger partial charge in [-0.3, -0.25) is 0 Å². The second kappa shape index (κ2) is 4.45. The summed E-state index contributed by atoms with van der Waals surface area (Å²) in [7, 11) is 0. The Kier molecular flexibility index (Phi) is 3.02. The summed E-state index contributed by atoms with van der Waals surface area (Å²) in [5.74, 6) is -1.39. The van der Waals surface area contributed by atoms with Gasteiger partial charge < -0.3 is 9.64 Å². The SMILES string of the molecule is N#Cc1cc(F)c(N2CCOCC2)c(F)c1. The summed E-state index contributed by atoms with van der Waals surface area (Å²) in [6.45, 7) is 1.83. The van der Waals surface area contributed by atoms with Crippen LogP contribution in [0.3, 0.4) is 0 Å². The molecule has 0 spiro atoms. The number of hydrogen-bond donors (Lipinski definition) is 0. The van der Waals surface area contributed by atoms with Crippen LogP contribution >= 0.6 is 0 Å². The van der Waals surface area contributed by atoms with E-state index in [2.05, 4.69) is 0 Å². The third kappa shape index (κ3) is 1.97. The van der Waals surface area contributed by atoms with E-state index in [1.807, 2.05) is 0 Å². The number of nitrogens with zero attached hydrogens (tertiary/aromatic N) is 2. The molecule has 1 aliphatic heterocycles. The van der Waals surface area contributed by atoms with Crippen LogP contribution in [0.4, 0.5) is 14.5 Å². The number of anilines is 1. The highest BCUT2D eigenvalue weighted by molar-refractivity contribution is 5.52. The third-order valence-corrected chi connectivity index (χ3v) is 2.47. The van der Waals surface area contributed by atoms with E-state index in [-0.39, 0.29) is 11.3 Å². The second-order valence-corrected chi connectivity index (χ2v) is 3.50. The number of halogens is 2. The maximum atomic E-state index is 13.6. The van der Waals surface area contributed by atoms with Crippen molar-refractivity contribution >= 4 is 5.69 Å². The Morgan fingerprint density at radius 3 is 2.25 bits per heavy atom. The average Bonchev–Trinajstić information content (AvgIpc) is 2.29. The lowest BCUT2D eigenvalue weighted by Gasteiger charge is -2.29. The smallest absolute Gasteiger partial charge is 0.150 e. The van der Waals surface area contributed by atoms with Crippen molar-refractivity contribution in [1.82, 2.24) is 0 Å². The molecule has 84 valence electrons. The molecular formula is C11H10F2N2O. The van der Waals surface area contributed by atoms with Crippen molar-refractivity contribution < 1.29 is 13.5 Å². The van der Waals surface area contributed by atoms with Crippen LogP contribution in [0.25, 0.3) is 0 Å². The number of nitriles is 1. The van der Waals surface area contributed by atoms with Gasteiger partial charge in [-0.25, -0.2) is 8.78 Å². The van der Waals surface area contributed by atoms with Crippen LogP contribution in [0.2, 0.25) is 0 Å². The van der Waals surface area contributed by atoms with Gasteiger partial charge in [0.1, 0.15) is 5.69 Å². The fraction of sp³-hybridized carbons (Fsp3) is 0.364. The molecule has 0 aliphatic carbocycles. The first kappa shape index (κ1) is 10.8. The molecule has 16 heavy (non-hydrogen) atoms. The summed E-state index contributed by atoms with van der Waals surface area (Å²) in [5.41, 5.74) is -0.0747. The molecule has 2 rings (SSSR count). The molecule has 0 amide bonds. The van der Waals surface area contributed by atoms with Gasteiger partial charge in [-0.05, 0) is 12.1 Å². The van der Waals surface area contributed by atoms with E-state index in [4.69, 9.17) is 10.00 Å². The van der Waals surface area contributed by atoms with Crippen LogP contribution in [0.5, 0.6) is 0 Å². The molecule has 0 unspecified atom stereocenters. The van der Waals surface area contributed by atoms with Gasteiger partial charge in [0.05, 0.1) is 24.8 Å². The molecular weight excluding hydrogens is 214 g/mol. The normalized spacial score (nSPS) is 15.9. The zero-order chi connectivity index (χ0) is 11.5. The number of ether oxygens (including phenoxy) is 1. The van der Waals surface area contributed by atoms with Crippen LogP contribution < -0.4 is 4.90 Å². The lowest BCUT2D eigenvalue weighted by atomic mass is 10.2. The minimum atomic E-state index is -0.696. The highest BCUT2D eigenvalue weighted by atomic mass is 19.1. The second-order valence-electron chi connectivity index (χ2n) is 3.50. The minimum Gasteiger partial charge on any atom is -0.378 e. The Morgan fingerprint density at radius 2 is 1.75 bits per heavy atom. The zero-order valence-corrected chi connectivity index (χ0v) is 8.54. The first-order chi connectivity index (χ1) is 7.72. The molecule has 0 N–H and O–H groups in total. The van der Waals surface area contributed by atoms with Crippen LogP contribution in [0.15, 0.2) is 12.1 Å². The molecule has 3 nitrogen and oxygen atoms in total. The largest absolute Gasteiger partial charge is 0.378 e. The number of benzene rings is 1. The maximum Gasteiger partial charge on any atom is 0.150 e. The molecule has 0 atom stereocenters. The van der Waals surface area contributed by atoms with E-state index in [1.165, 1.54) is 0 Å². The lowest BCUT2D eigenvalue weighted by Crippen LogP contribution is -2.37. The Morgan fingerprint density at radius 1 is 1.19 bits per heavy atom. The Bertz CT molecular complexity index is 413. The number of morpholine rings is 1. The van der Waals surface area contributed by atoms with Gasteiger partial charge in [0.15, 0.2) is 11.6 Å². The molecule has 1 heterocycles. The quantitative estimate of drug-likeness (QED) is 0.728. The summed E-state index contributed by atoms with van der Waals surface area (Å²) in [6.07, 6.45) is 0. The van der Waals surface area contributed by atoms with Crippen LogP contribution in [0.1, 0.15) is 5.56 Å². The molecule has 1 aliphatic rings. The predicted molar refractivity (Wildman–Crippen MR) is 54.1 cm³/mol. The van der Waals surface area contributed by atoms with E-state index in [9.17, 15) is 8.78 Å². The van der Waals surface area contributed by atoms with E-state index in [0.717, 1.165) is 12.1 Å². The van der Waals surface area contributed by atoms with Crippen molar-refractivity contribution in [2.75, 3.05) is 31.2 Å². The van der Waals surface area contributed by atoms with Gasteiger partial charge in [-0.15, -0.1) is 0 Å². The molecule has 0 saturated carbocycles. The van der Waals surface area contributed by atoms with Gasteiger partial charge in [-0.2, -0.15) is 5.26 Å². The summed E-state index contributed by atoms with van der Waals surface area (Å²) >= 11 is 0. The minimum absolute atomic E-state index is 0.00740. The summed E-state index contributed by atoms with van der Waals surface area (Å²) < 4.78 is 32.3. The summed E-state index contributed by atoms with van der Waals surface area (Å²) in [6, 6.07) is 3.81. The van der Waals surface area contributed by atoms with E-state index in [0.29, 0.717) is 26.3 Å².